The van der Waals surface area contributed by atoms with Gasteiger partial charge in [-0.25, -0.2) is 8.78 Å². The maximum Gasteiger partial charge on any atom is 0.268 e. The molecule has 0 spiro atoms. The van der Waals surface area contributed by atoms with E-state index in [0.29, 0.717) is 11.5 Å². The Balaban J connectivity index is 1.41. The topological polar surface area (TPSA) is 105 Å². The molecule has 10 heteroatoms. The van der Waals surface area contributed by atoms with Gasteiger partial charge in [-0.05, 0) is 41.6 Å². The third-order valence-electron chi connectivity index (χ3n) is 3.97. The summed E-state index contributed by atoms with van der Waals surface area (Å²) >= 11 is 0. The molecule has 3 aromatic rings. The number of hydrogen-bond donors (Lipinski definition) is 2. The van der Waals surface area contributed by atoms with Crippen molar-refractivity contribution in [3.05, 3.63) is 59.7 Å². The zero-order valence-electron chi connectivity index (χ0n) is 13.7. The molecule has 0 fully saturated rings. The molecule has 0 aliphatic carbocycles. The minimum absolute atomic E-state index is 0.0371. The molecule has 2 heterocycles. The van der Waals surface area contributed by atoms with E-state index in [-0.39, 0.29) is 17.7 Å². The Hall–Kier alpha value is -3.69. The van der Waals surface area contributed by atoms with Crippen molar-refractivity contribution in [1.82, 2.24) is 20.6 Å². The number of rotatable bonds is 4. The van der Waals surface area contributed by atoms with Crippen LogP contribution < -0.4 is 5.32 Å². The van der Waals surface area contributed by atoms with Crippen molar-refractivity contribution >= 4 is 17.3 Å². The van der Waals surface area contributed by atoms with Gasteiger partial charge < -0.3 is 10.2 Å². The van der Waals surface area contributed by atoms with E-state index in [1.54, 1.807) is 24.3 Å². The Morgan fingerprint density at radius 2 is 1.89 bits per heavy atom. The Labute approximate surface area is 151 Å². The quantitative estimate of drug-likeness (QED) is 0.733. The zero-order chi connectivity index (χ0) is 18.8. The second-order valence-corrected chi connectivity index (χ2v) is 5.73. The monoisotopic (exact) mass is 370 g/mol. The summed E-state index contributed by atoms with van der Waals surface area (Å²) in [5.41, 5.74) is 1.01. The first kappa shape index (κ1) is 16.8. The van der Waals surface area contributed by atoms with Crippen molar-refractivity contribution in [2.24, 2.45) is 5.16 Å². The molecule has 2 N–H and O–H groups in total. The summed E-state index contributed by atoms with van der Waals surface area (Å²) in [6.07, 6.45) is -1.01. The lowest BCUT2D eigenvalue weighted by Crippen LogP contribution is -2.28. The summed E-state index contributed by atoms with van der Waals surface area (Å²) in [5, 5.41) is 19.9. The van der Waals surface area contributed by atoms with Crippen molar-refractivity contribution in [2.75, 3.05) is 5.32 Å². The SMILES string of the molecule is O=C(Nc1ccc(-c2nn[nH]n2)cc1)C1CC(c2c(F)cccc2F)=NO1. The summed E-state index contributed by atoms with van der Waals surface area (Å²) in [5.74, 6) is -1.55. The predicted molar refractivity (Wildman–Crippen MR) is 90.6 cm³/mol. The second-order valence-electron chi connectivity index (χ2n) is 5.73. The van der Waals surface area contributed by atoms with E-state index in [1.165, 1.54) is 6.07 Å². The van der Waals surface area contributed by atoms with Crippen molar-refractivity contribution in [3.63, 3.8) is 0 Å². The fourth-order valence-corrected chi connectivity index (χ4v) is 2.65. The van der Waals surface area contributed by atoms with Gasteiger partial charge in [0.1, 0.15) is 11.6 Å². The molecule has 1 unspecified atom stereocenters. The highest BCUT2D eigenvalue weighted by atomic mass is 19.1. The summed E-state index contributed by atoms with van der Waals surface area (Å²) in [6.45, 7) is 0. The van der Waals surface area contributed by atoms with E-state index < -0.39 is 23.6 Å². The van der Waals surface area contributed by atoms with Crippen molar-refractivity contribution in [2.45, 2.75) is 12.5 Å². The van der Waals surface area contributed by atoms with Gasteiger partial charge in [-0.1, -0.05) is 11.2 Å². The number of tetrazole rings is 1. The number of hydrogen-bond acceptors (Lipinski definition) is 6. The average molecular weight is 370 g/mol. The van der Waals surface area contributed by atoms with Crippen LogP contribution >= 0.6 is 0 Å². The molecule has 1 aromatic heterocycles. The van der Waals surface area contributed by atoms with Crippen molar-refractivity contribution in [1.29, 1.82) is 0 Å². The summed E-state index contributed by atoms with van der Waals surface area (Å²) in [6, 6.07) is 10.3. The third kappa shape index (κ3) is 3.36. The Morgan fingerprint density at radius 1 is 1.15 bits per heavy atom. The van der Waals surface area contributed by atoms with Crippen LogP contribution in [0.4, 0.5) is 14.5 Å². The molecule has 27 heavy (non-hydrogen) atoms. The number of carbonyl (C=O) groups excluding carboxylic acids is 1. The highest BCUT2D eigenvalue weighted by molar-refractivity contribution is 6.06. The van der Waals surface area contributed by atoms with Gasteiger partial charge in [-0.2, -0.15) is 5.21 Å². The largest absolute Gasteiger partial charge is 0.382 e. The smallest absolute Gasteiger partial charge is 0.268 e. The summed E-state index contributed by atoms with van der Waals surface area (Å²) in [7, 11) is 0. The number of anilines is 1. The fraction of sp³-hybridized carbons (Fsp3) is 0.118. The van der Waals surface area contributed by atoms with E-state index in [1.807, 2.05) is 0 Å². The first-order chi connectivity index (χ1) is 13.1. The van der Waals surface area contributed by atoms with Crippen LogP contribution in [0.1, 0.15) is 12.0 Å². The first-order valence-electron chi connectivity index (χ1n) is 7.93. The second kappa shape index (κ2) is 6.90. The number of aromatic amines is 1. The first-order valence-corrected chi connectivity index (χ1v) is 7.93. The zero-order valence-corrected chi connectivity index (χ0v) is 13.7. The number of amides is 1. The van der Waals surface area contributed by atoms with Gasteiger partial charge in [0.05, 0.1) is 11.3 Å². The minimum atomic E-state index is -0.976. The van der Waals surface area contributed by atoms with E-state index in [9.17, 15) is 13.6 Å². The van der Waals surface area contributed by atoms with Crippen LogP contribution in [0.2, 0.25) is 0 Å². The van der Waals surface area contributed by atoms with Gasteiger partial charge in [0, 0.05) is 17.7 Å². The highest BCUT2D eigenvalue weighted by Crippen LogP contribution is 2.23. The number of halogens is 2. The van der Waals surface area contributed by atoms with Gasteiger partial charge in [-0.15, -0.1) is 10.2 Å². The minimum Gasteiger partial charge on any atom is -0.382 e. The molecule has 1 amide bonds. The molecule has 0 saturated carbocycles. The number of benzene rings is 2. The van der Waals surface area contributed by atoms with E-state index >= 15 is 0 Å². The van der Waals surface area contributed by atoms with Crippen LogP contribution in [0.15, 0.2) is 47.6 Å². The molecular weight excluding hydrogens is 358 g/mol. The molecule has 1 aliphatic rings. The molecule has 0 saturated heterocycles. The normalized spacial score (nSPS) is 15.9. The number of nitrogens with one attached hydrogen (secondary N) is 2. The van der Waals surface area contributed by atoms with Crippen LogP contribution in [0.5, 0.6) is 0 Å². The van der Waals surface area contributed by atoms with Gasteiger partial charge in [0.25, 0.3) is 5.91 Å². The molecule has 0 bridgehead atoms. The predicted octanol–water partition coefficient (Wildman–Crippen LogP) is 2.28. The lowest BCUT2D eigenvalue weighted by molar-refractivity contribution is -0.125. The number of H-pyrrole nitrogens is 1. The number of aromatic nitrogens is 4. The molecule has 1 aliphatic heterocycles. The van der Waals surface area contributed by atoms with Crippen LogP contribution in [0.25, 0.3) is 11.4 Å². The summed E-state index contributed by atoms with van der Waals surface area (Å²) < 4.78 is 27.7. The summed E-state index contributed by atoms with van der Waals surface area (Å²) in [4.78, 5) is 17.4. The van der Waals surface area contributed by atoms with Gasteiger partial charge in [0.2, 0.25) is 11.9 Å². The van der Waals surface area contributed by atoms with Crippen molar-refractivity contribution in [3.8, 4) is 11.4 Å². The Bertz CT molecular complexity index is 985. The standard InChI is InChI=1S/C17H12F2N6O2/c18-11-2-1-3-12(19)15(11)13-8-14(27-23-13)17(26)20-10-6-4-9(5-7-10)16-21-24-25-22-16/h1-7,14H,8H2,(H,20,26)(H,21,22,24,25). The number of oxime groups is 1. The Kier molecular flexibility index (Phi) is 4.29. The molecular formula is C17H12F2N6O2. The van der Waals surface area contributed by atoms with Crippen LogP contribution in [-0.2, 0) is 9.63 Å². The van der Waals surface area contributed by atoms with Gasteiger partial charge in [0.15, 0.2) is 0 Å². The molecule has 136 valence electrons. The molecule has 1 atom stereocenters. The van der Waals surface area contributed by atoms with Crippen LogP contribution in [0, 0.1) is 11.6 Å². The lowest BCUT2D eigenvalue weighted by Gasteiger charge is -2.10. The average Bonchev–Trinajstić information content (AvgIpc) is 3.35. The maximum absolute atomic E-state index is 13.8. The molecule has 8 nitrogen and oxygen atoms in total. The van der Waals surface area contributed by atoms with Gasteiger partial charge in [-0.3, -0.25) is 4.79 Å². The van der Waals surface area contributed by atoms with Crippen LogP contribution in [-0.4, -0.2) is 38.3 Å². The lowest BCUT2D eigenvalue weighted by atomic mass is 10.0. The highest BCUT2D eigenvalue weighted by Gasteiger charge is 2.31. The van der Waals surface area contributed by atoms with E-state index in [2.05, 4.69) is 31.1 Å². The van der Waals surface area contributed by atoms with E-state index in [4.69, 9.17) is 4.84 Å². The Morgan fingerprint density at radius 3 is 2.56 bits per heavy atom. The maximum atomic E-state index is 13.8. The van der Waals surface area contributed by atoms with E-state index in [0.717, 1.165) is 17.7 Å². The van der Waals surface area contributed by atoms with Gasteiger partial charge >= 0.3 is 0 Å². The fourth-order valence-electron chi connectivity index (χ4n) is 2.65. The molecule has 2 aromatic carbocycles. The number of carbonyl (C=O) groups is 1. The molecule has 0 radical (unpaired) electrons. The van der Waals surface area contributed by atoms with Crippen molar-refractivity contribution < 1.29 is 18.4 Å². The number of nitrogens with zero attached hydrogens (tertiary/aromatic N) is 4. The van der Waals surface area contributed by atoms with Crippen LogP contribution in [0.3, 0.4) is 0 Å². The third-order valence-corrected chi connectivity index (χ3v) is 3.97. The molecule has 4 rings (SSSR count).